The SMILES string of the molecule is COc1ccc(C(CN=C(N)N2CCN(c3ccc(F)cc3)CC2)N(C)C)cc1OC. The molecular formula is C23H32FN5O2. The highest BCUT2D eigenvalue weighted by molar-refractivity contribution is 5.78. The second-order valence-corrected chi connectivity index (χ2v) is 7.74. The lowest BCUT2D eigenvalue weighted by Gasteiger charge is -2.36. The van der Waals surface area contributed by atoms with E-state index >= 15 is 0 Å². The van der Waals surface area contributed by atoms with Gasteiger partial charge in [-0.3, -0.25) is 4.99 Å². The molecule has 1 heterocycles. The lowest BCUT2D eigenvalue weighted by Crippen LogP contribution is -2.51. The largest absolute Gasteiger partial charge is 0.493 e. The van der Waals surface area contributed by atoms with Gasteiger partial charge < -0.3 is 29.9 Å². The summed E-state index contributed by atoms with van der Waals surface area (Å²) >= 11 is 0. The third kappa shape index (κ3) is 5.58. The Bertz CT molecular complexity index is 880. The molecule has 1 saturated heterocycles. The topological polar surface area (TPSA) is 66.6 Å². The molecule has 1 unspecified atom stereocenters. The Morgan fingerprint density at radius 2 is 1.68 bits per heavy atom. The molecular weight excluding hydrogens is 397 g/mol. The van der Waals surface area contributed by atoms with Gasteiger partial charge in [-0.15, -0.1) is 0 Å². The highest BCUT2D eigenvalue weighted by Crippen LogP contribution is 2.31. The van der Waals surface area contributed by atoms with Gasteiger partial charge in [0.2, 0.25) is 0 Å². The molecule has 7 nitrogen and oxygen atoms in total. The molecule has 2 aromatic carbocycles. The Hall–Kier alpha value is -3.00. The Morgan fingerprint density at radius 3 is 2.26 bits per heavy atom. The van der Waals surface area contributed by atoms with Gasteiger partial charge in [0.15, 0.2) is 17.5 Å². The second-order valence-electron chi connectivity index (χ2n) is 7.74. The van der Waals surface area contributed by atoms with Gasteiger partial charge >= 0.3 is 0 Å². The molecule has 0 saturated carbocycles. The molecule has 0 radical (unpaired) electrons. The molecule has 31 heavy (non-hydrogen) atoms. The van der Waals surface area contributed by atoms with Gasteiger partial charge in [-0.2, -0.15) is 0 Å². The Morgan fingerprint density at radius 1 is 1.03 bits per heavy atom. The molecule has 0 aliphatic carbocycles. The minimum Gasteiger partial charge on any atom is -0.493 e. The molecule has 2 N–H and O–H groups in total. The van der Waals surface area contributed by atoms with Gasteiger partial charge in [-0.1, -0.05) is 6.07 Å². The van der Waals surface area contributed by atoms with E-state index in [1.807, 2.05) is 44.4 Å². The van der Waals surface area contributed by atoms with Crippen molar-refractivity contribution in [2.45, 2.75) is 6.04 Å². The van der Waals surface area contributed by atoms with Crippen molar-refractivity contribution < 1.29 is 13.9 Å². The van der Waals surface area contributed by atoms with Gasteiger partial charge in [-0.25, -0.2) is 4.39 Å². The maximum atomic E-state index is 13.2. The number of rotatable bonds is 7. The summed E-state index contributed by atoms with van der Waals surface area (Å²) in [5.74, 6) is 1.72. The van der Waals surface area contributed by atoms with E-state index in [0.717, 1.165) is 37.4 Å². The molecule has 0 aromatic heterocycles. The minimum absolute atomic E-state index is 0.0545. The molecule has 168 valence electrons. The first-order chi connectivity index (χ1) is 14.9. The highest BCUT2D eigenvalue weighted by Gasteiger charge is 2.20. The van der Waals surface area contributed by atoms with Crippen molar-refractivity contribution in [1.82, 2.24) is 9.80 Å². The number of methoxy groups -OCH3 is 2. The summed E-state index contributed by atoms with van der Waals surface area (Å²) in [4.78, 5) is 11.1. The van der Waals surface area contributed by atoms with Crippen LogP contribution < -0.4 is 20.1 Å². The number of halogens is 1. The molecule has 1 fully saturated rings. The van der Waals surface area contributed by atoms with Crippen molar-refractivity contribution in [1.29, 1.82) is 0 Å². The van der Waals surface area contributed by atoms with Crippen LogP contribution in [0.2, 0.25) is 0 Å². The first-order valence-corrected chi connectivity index (χ1v) is 10.4. The van der Waals surface area contributed by atoms with E-state index in [-0.39, 0.29) is 11.9 Å². The third-order valence-corrected chi connectivity index (χ3v) is 5.64. The number of anilines is 1. The second kappa shape index (κ2) is 10.3. The fourth-order valence-electron chi connectivity index (χ4n) is 3.75. The number of hydrogen-bond acceptors (Lipinski definition) is 5. The minimum atomic E-state index is -0.219. The predicted octanol–water partition coefficient (Wildman–Crippen LogP) is 2.58. The maximum Gasteiger partial charge on any atom is 0.191 e. The Balaban J connectivity index is 1.63. The van der Waals surface area contributed by atoms with E-state index in [4.69, 9.17) is 20.2 Å². The summed E-state index contributed by atoms with van der Waals surface area (Å²) in [6.45, 7) is 3.71. The van der Waals surface area contributed by atoms with E-state index in [9.17, 15) is 4.39 Å². The van der Waals surface area contributed by atoms with Gasteiger partial charge in [0.05, 0.1) is 26.8 Å². The molecule has 0 amide bonds. The fraction of sp³-hybridized carbons (Fsp3) is 0.435. The molecule has 8 heteroatoms. The smallest absolute Gasteiger partial charge is 0.191 e. The molecule has 2 aromatic rings. The molecule has 1 aliphatic rings. The number of aliphatic imine (C=N–C) groups is 1. The summed E-state index contributed by atoms with van der Waals surface area (Å²) in [5.41, 5.74) is 8.43. The summed E-state index contributed by atoms with van der Waals surface area (Å²) in [7, 11) is 7.30. The van der Waals surface area contributed by atoms with Crippen molar-refractivity contribution in [3.63, 3.8) is 0 Å². The van der Waals surface area contributed by atoms with E-state index in [2.05, 4.69) is 14.7 Å². The monoisotopic (exact) mass is 429 g/mol. The van der Waals surface area contributed by atoms with Crippen LogP contribution in [-0.4, -0.2) is 76.8 Å². The fourth-order valence-corrected chi connectivity index (χ4v) is 3.75. The highest BCUT2D eigenvalue weighted by atomic mass is 19.1. The third-order valence-electron chi connectivity index (χ3n) is 5.64. The molecule has 1 aliphatic heterocycles. The number of hydrogen-bond donors (Lipinski definition) is 1. The van der Waals surface area contributed by atoms with Crippen LogP contribution >= 0.6 is 0 Å². The van der Waals surface area contributed by atoms with Crippen LogP contribution in [0.3, 0.4) is 0 Å². The number of benzene rings is 2. The normalized spacial score (nSPS) is 15.9. The van der Waals surface area contributed by atoms with Crippen molar-refractivity contribution in [3.05, 3.63) is 53.8 Å². The van der Waals surface area contributed by atoms with E-state index in [0.29, 0.717) is 24.0 Å². The summed E-state index contributed by atoms with van der Waals surface area (Å²) in [5, 5.41) is 0. The van der Waals surface area contributed by atoms with E-state index < -0.39 is 0 Å². The van der Waals surface area contributed by atoms with Crippen LogP contribution in [0.15, 0.2) is 47.5 Å². The van der Waals surface area contributed by atoms with Gasteiger partial charge in [0.1, 0.15) is 5.82 Å². The van der Waals surface area contributed by atoms with E-state index in [1.165, 1.54) is 12.1 Å². The van der Waals surface area contributed by atoms with Crippen LogP contribution in [0.4, 0.5) is 10.1 Å². The summed E-state index contributed by atoms with van der Waals surface area (Å²) in [6, 6.07) is 12.6. The van der Waals surface area contributed by atoms with Crippen LogP contribution in [-0.2, 0) is 0 Å². The first kappa shape index (κ1) is 22.7. The zero-order chi connectivity index (χ0) is 22.4. The van der Waals surface area contributed by atoms with Gasteiger partial charge in [0, 0.05) is 31.9 Å². The van der Waals surface area contributed by atoms with Crippen LogP contribution in [0.1, 0.15) is 11.6 Å². The average Bonchev–Trinajstić information content (AvgIpc) is 2.79. The predicted molar refractivity (Wildman–Crippen MR) is 123 cm³/mol. The van der Waals surface area contributed by atoms with Gasteiger partial charge in [-0.05, 0) is 56.1 Å². The number of likely N-dealkylation sites (N-methyl/N-ethyl adjacent to an activating group) is 1. The zero-order valence-corrected chi connectivity index (χ0v) is 18.7. The summed E-state index contributed by atoms with van der Waals surface area (Å²) < 4.78 is 23.9. The molecule has 0 bridgehead atoms. The number of guanidine groups is 1. The number of nitrogens with two attached hydrogens (primary N) is 1. The van der Waals surface area contributed by atoms with E-state index in [1.54, 1.807) is 14.2 Å². The van der Waals surface area contributed by atoms with Crippen molar-refractivity contribution in [2.75, 3.05) is 65.9 Å². The number of ether oxygens (including phenoxy) is 2. The molecule has 3 rings (SSSR count). The number of nitrogens with zero attached hydrogens (tertiary/aromatic N) is 4. The quantitative estimate of drug-likeness (QED) is 0.539. The standard InChI is InChI=1S/C23H32FN5O2/c1-27(2)20(17-5-10-21(30-3)22(15-17)31-4)16-26-23(25)29-13-11-28(12-14-29)19-8-6-18(24)7-9-19/h5-10,15,20H,11-14,16H2,1-4H3,(H2,25,26). The summed E-state index contributed by atoms with van der Waals surface area (Å²) in [6.07, 6.45) is 0. The van der Waals surface area contributed by atoms with Crippen molar-refractivity contribution >= 4 is 11.6 Å². The Labute approximate surface area is 183 Å². The van der Waals surface area contributed by atoms with Crippen molar-refractivity contribution in [3.8, 4) is 11.5 Å². The molecule has 0 spiro atoms. The lowest BCUT2D eigenvalue weighted by molar-refractivity contribution is 0.301. The first-order valence-electron chi connectivity index (χ1n) is 10.4. The molecule has 1 atom stereocenters. The lowest BCUT2D eigenvalue weighted by atomic mass is 10.1. The average molecular weight is 430 g/mol. The van der Waals surface area contributed by atoms with Crippen LogP contribution in [0.5, 0.6) is 11.5 Å². The Kier molecular flexibility index (Phi) is 7.57. The maximum absolute atomic E-state index is 13.2. The zero-order valence-electron chi connectivity index (χ0n) is 18.7. The van der Waals surface area contributed by atoms with Gasteiger partial charge in [0.25, 0.3) is 0 Å². The number of piperazine rings is 1. The van der Waals surface area contributed by atoms with Crippen LogP contribution in [0.25, 0.3) is 0 Å². The van der Waals surface area contributed by atoms with Crippen LogP contribution in [0, 0.1) is 5.82 Å². The van der Waals surface area contributed by atoms with Crippen molar-refractivity contribution in [2.24, 2.45) is 10.7 Å².